The molecule has 2 N–H and O–H groups in total. The van der Waals surface area contributed by atoms with Crippen molar-refractivity contribution in [1.29, 1.82) is 0 Å². The third-order valence-corrected chi connectivity index (χ3v) is 3.26. The zero-order valence-electron chi connectivity index (χ0n) is 13.3. The van der Waals surface area contributed by atoms with Crippen molar-refractivity contribution in [2.24, 2.45) is 0 Å². The number of aromatic amines is 1. The number of benzene rings is 1. The number of halogens is 2. The van der Waals surface area contributed by atoms with Crippen molar-refractivity contribution in [2.75, 3.05) is 13.2 Å². The SMILES string of the molecule is Cc1nc(C)c(CC(=O)NCCOc2ccc(F)c(F)c2)c(=O)[nH]1. The van der Waals surface area contributed by atoms with E-state index in [1.165, 1.54) is 6.07 Å². The number of nitrogens with one attached hydrogen (secondary N) is 2. The summed E-state index contributed by atoms with van der Waals surface area (Å²) in [5, 5.41) is 2.58. The molecular weight excluding hydrogens is 320 g/mol. The van der Waals surface area contributed by atoms with E-state index in [4.69, 9.17) is 4.74 Å². The smallest absolute Gasteiger partial charge is 0.254 e. The lowest BCUT2D eigenvalue weighted by Crippen LogP contribution is -2.32. The maximum absolute atomic E-state index is 13.0. The molecule has 8 heteroatoms. The van der Waals surface area contributed by atoms with E-state index >= 15 is 0 Å². The summed E-state index contributed by atoms with van der Waals surface area (Å²) in [5.41, 5.74) is 0.470. The number of aromatic nitrogens is 2. The molecule has 0 atom stereocenters. The third kappa shape index (κ3) is 4.61. The lowest BCUT2D eigenvalue weighted by molar-refractivity contribution is -0.120. The predicted molar refractivity (Wildman–Crippen MR) is 82.9 cm³/mol. The van der Waals surface area contributed by atoms with Gasteiger partial charge in [-0.25, -0.2) is 13.8 Å². The Morgan fingerprint density at radius 2 is 2.04 bits per heavy atom. The minimum Gasteiger partial charge on any atom is -0.492 e. The van der Waals surface area contributed by atoms with E-state index in [0.717, 1.165) is 12.1 Å². The van der Waals surface area contributed by atoms with Crippen LogP contribution in [0.2, 0.25) is 0 Å². The van der Waals surface area contributed by atoms with Crippen LogP contribution in [0.1, 0.15) is 17.1 Å². The average molecular weight is 337 g/mol. The van der Waals surface area contributed by atoms with Gasteiger partial charge in [-0.1, -0.05) is 0 Å². The van der Waals surface area contributed by atoms with Gasteiger partial charge in [-0.2, -0.15) is 0 Å². The van der Waals surface area contributed by atoms with Gasteiger partial charge in [0.25, 0.3) is 5.56 Å². The molecule has 0 radical (unpaired) electrons. The number of carbonyl (C=O) groups is 1. The molecule has 0 bridgehead atoms. The zero-order valence-corrected chi connectivity index (χ0v) is 13.3. The van der Waals surface area contributed by atoms with Crippen LogP contribution in [0.4, 0.5) is 8.78 Å². The Morgan fingerprint density at radius 3 is 2.71 bits per heavy atom. The monoisotopic (exact) mass is 337 g/mol. The van der Waals surface area contributed by atoms with Gasteiger partial charge < -0.3 is 15.0 Å². The summed E-state index contributed by atoms with van der Waals surface area (Å²) >= 11 is 0. The fourth-order valence-corrected chi connectivity index (χ4v) is 2.11. The highest BCUT2D eigenvalue weighted by atomic mass is 19.2. The van der Waals surface area contributed by atoms with Crippen LogP contribution in [0, 0.1) is 25.5 Å². The molecule has 1 amide bonds. The van der Waals surface area contributed by atoms with Crippen LogP contribution in [0.5, 0.6) is 5.75 Å². The fourth-order valence-electron chi connectivity index (χ4n) is 2.11. The first kappa shape index (κ1) is 17.6. The number of H-pyrrole nitrogens is 1. The number of rotatable bonds is 6. The minimum absolute atomic E-state index is 0.0816. The molecule has 0 saturated carbocycles. The molecule has 24 heavy (non-hydrogen) atoms. The van der Waals surface area contributed by atoms with Crippen molar-refractivity contribution in [1.82, 2.24) is 15.3 Å². The van der Waals surface area contributed by atoms with E-state index in [9.17, 15) is 18.4 Å². The molecule has 0 fully saturated rings. The Kier molecular flexibility index (Phi) is 5.62. The van der Waals surface area contributed by atoms with Crippen LogP contribution in [0.25, 0.3) is 0 Å². The number of aryl methyl sites for hydroxylation is 2. The van der Waals surface area contributed by atoms with E-state index in [0.29, 0.717) is 17.1 Å². The highest BCUT2D eigenvalue weighted by Crippen LogP contribution is 2.14. The lowest BCUT2D eigenvalue weighted by Gasteiger charge is -2.09. The summed E-state index contributed by atoms with van der Waals surface area (Å²) in [6.45, 7) is 3.57. The topological polar surface area (TPSA) is 84.1 Å². The first-order valence-corrected chi connectivity index (χ1v) is 7.27. The van der Waals surface area contributed by atoms with Crippen LogP contribution in [0.3, 0.4) is 0 Å². The van der Waals surface area contributed by atoms with Gasteiger partial charge in [-0.3, -0.25) is 9.59 Å². The fraction of sp³-hybridized carbons (Fsp3) is 0.312. The van der Waals surface area contributed by atoms with Gasteiger partial charge in [-0.05, 0) is 26.0 Å². The van der Waals surface area contributed by atoms with E-state index in [-0.39, 0.29) is 36.8 Å². The maximum atomic E-state index is 13.0. The Labute approximate surface area is 136 Å². The first-order chi connectivity index (χ1) is 11.4. The van der Waals surface area contributed by atoms with Crippen LogP contribution in [-0.4, -0.2) is 29.0 Å². The highest BCUT2D eigenvalue weighted by Gasteiger charge is 2.11. The molecule has 0 unspecified atom stereocenters. The second-order valence-corrected chi connectivity index (χ2v) is 5.17. The molecule has 0 aliphatic heterocycles. The summed E-state index contributed by atoms with van der Waals surface area (Å²) in [6.07, 6.45) is -0.0976. The van der Waals surface area contributed by atoms with Gasteiger partial charge in [0.1, 0.15) is 18.2 Å². The number of hydrogen-bond acceptors (Lipinski definition) is 4. The van der Waals surface area contributed by atoms with Crippen LogP contribution >= 0.6 is 0 Å². The van der Waals surface area contributed by atoms with E-state index in [2.05, 4.69) is 15.3 Å². The summed E-state index contributed by atoms with van der Waals surface area (Å²) in [5.74, 6) is -1.66. The molecule has 1 aromatic carbocycles. The number of nitrogens with zero attached hydrogens (tertiary/aromatic N) is 1. The quantitative estimate of drug-likeness (QED) is 0.781. The molecular formula is C16H17F2N3O3. The van der Waals surface area contributed by atoms with Crippen molar-refractivity contribution in [3.05, 3.63) is 57.3 Å². The van der Waals surface area contributed by atoms with E-state index in [1.807, 2.05) is 0 Å². The Bertz CT molecular complexity index is 806. The normalized spacial score (nSPS) is 10.5. The van der Waals surface area contributed by atoms with Gasteiger partial charge >= 0.3 is 0 Å². The molecule has 6 nitrogen and oxygen atoms in total. The molecule has 2 aromatic rings. The van der Waals surface area contributed by atoms with Crippen molar-refractivity contribution in [3.63, 3.8) is 0 Å². The van der Waals surface area contributed by atoms with E-state index < -0.39 is 11.6 Å². The molecule has 0 aliphatic rings. The first-order valence-electron chi connectivity index (χ1n) is 7.27. The Hall–Kier alpha value is -2.77. The summed E-state index contributed by atoms with van der Waals surface area (Å²) in [7, 11) is 0. The minimum atomic E-state index is -1.00. The number of hydrogen-bond donors (Lipinski definition) is 2. The third-order valence-electron chi connectivity index (χ3n) is 3.26. The molecule has 1 aromatic heterocycles. The van der Waals surface area contributed by atoms with E-state index in [1.54, 1.807) is 13.8 Å². The van der Waals surface area contributed by atoms with Gasteiger partial charge in [0.05, 0.1) is 13.0 Å². The van der Waals surface area contributed by atoms with Gasteiger partial charge in [-0.15, -0.1) is 0 Å². The predicted octanol–water partition coefficient (Wildman–Crippen LogP) is 1.40. The lowest BCUT2D eigenvalue weighted by atomic mass is 10.1. The Morgan fingerprint density at radius 1 is 1.29 bits per heavy atom. The van der Waals surface area contributed by atoms with Crippen LogP contribution < -0.4 is 15.6 Å². The van der Waals surface area contributed by atoms with Crippen molar-refractivity contribution >= 4 is 5.91 Å². The van der Waals surface area contributed by atoms with Gasteiger partial charge in [0, 0.05) is 17.3 Å². The number of ether oxygens (including phenoxy) is 1. The molecule has 0 spiro atoms. The maximum Gasteiger partial charge on any atom is 0.254 e. The average Bonchev–Trinajstić information content (AvgIpc) is 2.51. The van der Waals surface area contributed by atoms with Crippen molar-refractivity contribution in [2.45, 2.75) is 20.3 Å². The van der Waals surface area contributed by atoms with Gasteiger partial charge in [0.15, 0.2) is 11.6 Å². The summed E-state index contributed by atoms with van der Waals surface area (Å²) in [6, 6.07) is 3.18. The standard InChI is InChI=1S/C16H17F2N3O3/c1-9-12(16(23)21-10(2)20-9)8-15(22)19-5-6-24-11-3-4-13(17)14(18)7-11/h3-4,7H,5-6,8H2,1-2H3,(H,19,22)(H,20,21,23). The highest BCUT2D eigenvalue weighted by molar-refractivity contribution is 5.78. The summed E-state index contributed by atoms with van der Waals surface area (Å²) < 4.78 is 31.0. The van der Waals surface area contributed by atoms with Crippen LogP contribution in [0.15, 0.2) is 23.0 Å². The van der Waals surface area contributed by atoms with Crippen molar-refractivity contribution < 1.29 is 18.3 Å². The van der Waals surface area contributed by atoms with Gasteiger partial charge in [0.2, 0.25) is 5.91 Å². The summed E-state index contributed by atoms with van der Waals surface area (Å²) in [4.78, 5) is 30.3. The number of amides is 1. The Balaban J connectivity index is 1.81. The molecule has 2 rings (SSSR count). The molecule has 128 valence electrons. The molecule has 1 heterocycles. The molecule has 0 aliphatic carbocycles. The largest absolute Gasteiger partial charge is 0.492 e. The zero-order chi connectivity index (χ0) is 17.7. The van der Waals surface area contributed by atoms with Crippen LogP contribution in [-0.2, 0) is 11.2 Å². The number of carbonyl (C=O) groups excluding carboxylic acids is 1. The second kappa shape index (κ2) is 7.67. The second-order valence-electron chi connectivity index (χ2n) is 5.17. The van der Waals surface area contributed by atoms with Crippen molar-refractivity contribution in [3.8, 4) is 5.75 Å². The molecule has 0 saturated heterocycles.